The molecule has 0 unspecified atom stereocenters. The lowest BCUT2D eigenvalue weighted by molar-refractivity contribution is 0.277. The Kier molecular flexibility index (Phi) is 6.99. The minimum atomic E-state index is -3.48. The van der Waals surface area contributed by atoms with E-state index in [1.807, 2.05) is 27.7 Å². The molecule has 0 aliphatic heterocycles. The Balaban J connectivity index is 3.23. The summed E-state index contributed by atoms with van der Waals surface area (Å²) >= 11 is 10.4. The molecule has 3 nitrogen and oxygen atoms in total. The van der Waals surface area contributed by atoms with Crippen molar-refractivity contribution in [1.29, 1.82) is 0 Å². The summed E-state index contributed by atoms with van der Waals surface area (Å²) in [5, 5.41) is 0.447. The van der Waals surface area contributed by atoms with Crippen molar-refractivity contribution in [2.45, 2.75) is 50.8 Å². The first-order valence-corrected chi connectivity index (χ1v) is 10.1. The Bertz CT molecular complexity index is 519. The van der Waals surface area contributed by atoms with Crippen LogP contribution in [-0.4, -0.2) is 25.3 Å². The van der Waals surface area contributed by atoms with Crippen molar-refractivity contribution in [3.63, 3.8) is 0 Å². The van der Waals surface area contributed by atoms with Crippen LogP contribution in [0, 0.1) is 5.92 Å². The Morgan fingerprint density at radius 1 is 1.35 bits per heavy atom. The quantitative estimate of drug-likeness (QED) is 0.643. The molecule has 1 heterocycles. The number of nitrogens with zero attached hydrogens (tertiary/aromatic N) is 1. The van der Waals surface area contributed by atoms with Crippen LogP contribution < -0.4 is 0 Å². The van der Waals surface area contributed by atoms with Gasteiger partial charge in [0.15, 0.2) is 0 Å². The van der Waals surface area contributed by atoms with E-state index in [0.29, 0.717) is 19.6 Å². The predicted molar refractivity (Wildman–Crippen MR) is 90.1 cm³/mol. The Morgan fingerprint density at radius 2 is 1.90 bits per heavy atom. The van der Waals surface area contributed by atoms with Gasteiger partial charge in [-0.25, -0.2) is 8.42 Å². The van der Waals surface area contributed by atoms with Crippen LogP contribution in [0.5, 0.6) is 0 Å². The third-order valence-corrected chi connectivity index (χ3v) is 7.92. The molecule has 0 aliphatic rings. The molecule has 116 valence electrons. The van der Waals surface area contributed by atoms with Gasteiger partial charge >= 0.3 is 0 Å². The first-order valence-electron chi connectivity index (χ1n) is 6.70. The Labute approximate surface area is 139 Å². The van der Waals surface area contributed by atoms with Crippen molar-refractivity contribution >= 4 is 48.9 Å². The second-order valence-electron chi connectivity index (χ2n) is 5.13. The summed E-state index contributed by atoms with van der Waals surface area (Å²) in [6, 6.07) is 1.56. The second-order valence-corrected chi connectivity index (χ2v) is 10.0. The molecule has 0 amide bonds. The Hall–Kier alpha value is 0.380. The zero-order valence-corrected chi connectivity index (χ0v) is 16.2. The number of halogens is 2. The molecule has 0 radical (unpaired) electrons. The predicted octanol–water partition coefficient (Wildman–Crippen LogP) is 5.00. The van der Waals surface area contributed by atoms with Crippen LogP contribution in [0.15, 0.2) is 14.1 Å². The topological polar surface area (TPSA) is 37.4 Å². The lowest BCUT2D eigenvalue weighted by atomic mass is 10.1. The third-order valence-electron chi connectivity index (χ3n) is 3.08. The molecule has 0 aliphatic carbocycles. The van der Waals surface area contributed by atoms with Gasteiger partial charge in [0.2, 0.25) is 0 Å². The highest BCUT2D eigenvalue weighted by molar-refractivity contribution is 9.11. The van der Waals surface area contributed by atoms with E-state index in [2.05, 4.69) is 15.9 Å². The molecule has 0 bridgehead atoms. The van der Waals surface area contributed by atoms with Gasteiger partial charge in [-0.2, -0.15) is 4.31 Å². The maximum absolute atomic E-state index is 12.8. The zero-order chi connectivity index (χ0) is 15.5. The lowest BCUT2D eigenvalue weighted by Crippen LogP contribution is -2.41. The Morgan fingerprint density at radius 3 is 2.25 bits per heavy atom. The molecule has 0 aromatic carbocycles. The number of sulfonamides is 1. The zero-order valence-electron chi connectivity index (χ0n) is 12.2. The summed E-state index contributed by atoms with van der Waals surface area (Å²) in [7, 11) is -3.48. The molecule has 1 aromatic heterocycles. The number of hydrogen-bond acceptors (Lipinski definition) is 3. The molecule has 0 atom stereocenters. The fourth-order valence-electron chi connectivity index (χ4n) is 2.07. The monoisotopic (exact) mass is 401 g/mol. The lowest BCUT2D eigenvalue weighted by Gasteiger charge is -2.30. The third kappa shape index (κ3) is 4.19. The molecule has 0 saturated carbocycles. The van der Waals surface area contributed by atoms with E-state index in [1.165, 1.54) is 17.4 Å². The van der Waals surface area contributed by atoms with E-state index < -0.39 is 10.0 Å². The fraction of sp³-hybridized carbons (Fsp3) is 0.692. The fourth-order valence-corrected chi connectivity index (χ4v) is 6.53. The molecule has 0 spiro atoms. The van der Waals surface area contributed by atoms with Crippen LogP contribution in [0.4, 0.5) is 0 Å². The van der Waals surface area contributed by atoms with Gasteiger partial charge in [-0.15, -0.1) is 11.3 Å². The smallest absolute Gasteiger partial charge is 0.206 e. The van der Waals surface area contributed by atoms with Crippen molar-refractivity contribution in [1.82, 2.24) is 4.31 Å². The van der Waals surface area contributed by atoms with Gasteiger partial charge in [0.1, 0.15) is 4.21 Å². The van der Waals surface area contributed by atoms with Crippen LogP contribution in [0.3, 0.4) is 0 Å². The van der Waals surface area contributed by atoms with Gasteiger partial charge in [0.05, 0.1) is 8.81 Å². The average molecular weight is 403 g/mol. The van der Waals surface area contributed by atoms with E-state index in [4.69, 9.17) is 11.6 Å². The van der Waals surface area contributed by atoms with Crippen molar-refractivity contribution in [3.8, 4) is 0 Å². The summed E-state index contributed by atoms with van der Waals surface area (Å²) in [4.78, 5) is 0. The first-order chi connectivity index (χ1) is 9.23. The summed E-state index contributed by atoms with van der Waals surface area (Å²) in [5.74, 6) is 0.282. The summed E-state index contributed by atoms with van der Waals surface area (Å²) in [5.41, 5.74) is 0. The molecule has 1 aromatic rings. The molecule has 0 fully saturated rings. The highest BCUT2D eigenvalue weighted by Crippen LogP contribution is 2.37. The summed E-state index contributed by atoms with van der Waals surface area (Å²) < 4.78 is 28.3. The summed E-state index contributed by atoms with van der Waals surface area (Å²) in [6.45, 7) is 8.63. The normalized spacial score (nSPS) is 12.8. The number of thiophene rings is 1. The largest absolute Gasteiger partial charge is 0.252 e. The van der Waals surface area contributed by atoms with E-state index in [-0.39, 0.29) is 12.0 Å². The highest BCUT2D eigenvalue weighted by atomic mass is 79.9. The van der Waals surface area contributed by atoms with Gasteiger partial charge in [-0.05, 0) is 40.8 Å². The molecular formula is C13H21BrClNO2S2. The van der Waals surface area contributed by atoms with Crippen molar-refractivity contribution in [2.24, 2.45) is 5.92 Å². The minimum absolute atomic E-state index is 0.0297. The van der Waals surface area contributed by atoms with E-state index in [9.17, 15) is 8.42 Å². The van der Waals surface area contributed by atoms with Crippen LogP contribution in [-0.2, 0) is 10.0 Å². The van der Waals surface area contributed by atoms with Crippen LogP contribution in [0.25, 0.3) is 0 Å². The van der Waals surface area contributed by atoms with Gasteiger partial charge in [-0.1, -0.05) is 39.3 Å². The second kappa shape index (κ2) is 7.58. The maximum Gasteiger partial charge on any atom is 0.252 e. The van der Waals surface area contributed by atoms with Gasteiger partial charge in [0, 0.05) is 12.6 Å². The van der Waals surface area contributed by atoms with E-state index in [0.717, 1.165) is 12.8 Å². The highest BCUT2D eigenvalue weighted by Gasteiger charge is 2.32. The molecule has 0 saturated heterocycles. The van der Waals surface area contributed by atoms with Gasteiger partial charge in [0.25, 0.3) is 10.0 Å². The maximum atomic E-state index is 12.8. The van der Waals surface area contributed by atoms with Gasteiger partial charge in [-0.3, -0.25) is 0 Å². The molecule has 7 heteroatoms. The summed E-state index contributed by atoms with van der Waals surface area (Å²) in [6.07, 6.45) is 1.62. The van der Waals surface area contributed by atoms with Crippen molar-refractivity contribution in [2.75, 3.05) is 6.54 Å². The van der Waals surface area contributed by atoms with Crippen LogP contribution >= 0.6 is 38.9 Å². The average Bonchev–Trinajstić information content (AvgIpc) is 2.70. The first kappa shape index (κ1) is 18.4. The molecule has 0 N–H and O–H groups in total. The molecule has 20 heavy (non-hydrogen) atoms. The standard InChI is InChI=1S/C13H21BrClNO2S2/c1-5-10(6-2)16(8-9(3)4)20(17,18)12-7-11(15)13(14)19-12/h7,9-10H,5-6,8H2,1-4H3. The van der Waals surface area contributed by atoms with E-state index >= 15 is 0 Å². The minimum Gasteiger partial charge on any atom is -0.206 e. The van der Waals surface area contributed by atoms with Crippen LogP contribution in [0.2, 0.25) is 5.02 Å². The SMILES string of the molecule is CCC(CC)N(CC(C)C)S(=O)(=O)c1cc(Cl)c(Br)s1. The van der Waals surface area contributed by atoms with Crippen molar-refractivity contribution < 1.29 is 8.42 Å². The number of hydrogen-bond donors (Lipinski definition) is 0. The molecule has 1 rings (SSSR count). The molecular weight excluding hydrogens is 382 g/mol. The van der Waals surface area contributed by atoms with Gasteiger partial charge < -0.3 is 0 Å². The van der Waals surface area contributed by atoms with Crippen LogP contribution in [0.1, 0.15) is 40.5 Å². The number of rotatable bonds is 7. The van der Waals surface area contributed by atoms with E-state index in [1.54, 1.807) is 4.31 Å². The van der Waals surface area contributed by atoms with Crippen molar-refractivity contribution in [3.05, 3.63) is 14.9 Å².